The number of hydrogen-bond donors (Lipinski definition) is 1. The molecule has 1 unspecified atom stereocenters. The van der Waals surface area contributed by atoms with Crippen LogP contribution in [0.5, 0.6) is 5.75 Å². The van der Waals surface area contributed by atoms with Crippen LogP contribution in [0.4, 0.5) is 0 Å². The van der Waals surface area contributed by atoms with Crippen LogP contribution >= 0.6 is 11.6 Å². The highest BCUT2D eigenvalue weighted by molar-refractivity contribution is 6.30. The van der Waals surface area contributed by atoms with Gasteiger partial charge in [0.25, 0.3) is 0 Å². The Kier molecular flexibility index (Phi) is 5.05. The van der Waals surface area contributed by atoms with Crippen molar-refractivity contribution in [2.24, 2.45) is 0 Å². The Bertz CT molecular complexity index is 583. The average molecular weight is 290 g/mol. The highest BCUT2D eigenvalue weighted by Crippen LogP contribution is 2.24. The van der Waals surface area contributed by atoms with Crippen molar-refractivity contribution in [2.45, 2.75) is 19.9 Å². The molecule has 20 heavy (non-hydrogen) atoms. The molecule has 1 atom stereocenters. The molecule has 3 heteroatoms. The molecule has 106 valence electrons. The van der Waals surface area contributed by atoms with Crippen molar-refractivity contribution in [1.82, 2.24) is 5.32 Å². The predicted octanol–water partition coefficient (Wildman–Crippen LogP) is 4.30. The largest absolute Gasteiger partial charge is 0.491 e. The molecule has 0 heterocycles. The van der Waals surface area contributed by atoms with Crippen LogP contribution in [-0.2, 0) is 0 Å². The van der Waals surface area contributed by atoms with E-state index in [0.29, 0.717) is 11.6 Å². The number of nitrogens with one attached hydrogen (secondary N) is 1. The summed E-state index contributed by atoms with van der Waals surface area (Å²) in [5.74, 6) is 0.839. The summed E-state index contributed by atoms with van der Waals surface area (Å²) < 4.78 is 5.93. The van der Waals surface area contributed by atoms with Crippen molar-refractivity contribution in [2.75, 3.05) is 13.7 Å². The summed E-state index contributed by atoms with van der Waals surface area (Å²) in [6.07, 6.45) is 0. The first-order chi connectivity index (χ1) is 9.61. The van der Waals surface area contributed by atoms with Crippen molar-refractivity contribution >= 4 is 11.6 Å². The Labute approximate surface area is 125 Å². The van der Waals surface area contributed by atoms with Crippen molar-refractivity contribution < 1.29 is 4.74 Å². The lowest BCUT2D eigenvalue weighted by Gasteiger charge is -2.20. The van der Waals surface area contributed by atoms with Crippen LogP contribution < -0.4 is 10.1 Å². The molecule has 0 aliphatic carbocycles. The van der Waals surface area contributed by atoms with Crippen LogP contribution in [0, 0.1) is 13.8 Å². The van der Waals surface area contributed by atoms with E-state index in [1.54, 1.807) is 0 Å². The fourth-order valence-corrected chi connectivity index (χ4v) is 2.37. The second-order valence-electron chi connectivity index (χ2n) is 4.92. The van der Waals surface area contributed by atoms with E-state index in [2.05, 4.69) is 30.4 Å². The van der Waals surface area contributed by atoms with Crippen LogP contribution in [0.1, 0.15) is 22.7 Å². The quantitative estimate of drug-likeness (QED) is 0.886. The van der Waals surface area contributed by atoms with Crippen LogP contribution in [0.15, 0.2) is 42.5 Å². The van der Waals surface area contributed by atoms with Crippen molar-refractivity contribution in [3.63, 3.8) is 0 Å². The van der Waals surface area contributed by atoms with Gasteiger partial charge in [0.15, 0.2) is 0 Å². The zero-order valence-corrected chi connectivity index (χ0v) is 12.9. The fraction of sp³-hybridized carbons (Fsp3) is 0.294. The Morgan fingerprint density at radius 1 is 1.10 bits per heavy atom. The van der Waals surface area contributed by atoms with Gasteiger partial charge in [0, 0.05) is 5.02 Å². The number of rotatable bonds is 5. The van der Waals surface area contributed by atoms with Crippen molar-refractivity contribution in [3.05, 3.63) is 64.2 Å². The second-order valence-corrected chi connectivity index (χ2v) is 5.36. The molecule has 0 saturated carbocycles. The highest BCUT2D eigenvalue weighted by atomic mass is 35.5. The summed E-state index contributed by atoms with van der Waals surface area (Å²) in [4.78, 5) is 0. The third-order valence-electron chi connectivity index (χ3n) is 3.47. The van der Waals surface area contributed by atoms with Gasteiger partial charge in [0.1, 0.15) is 12.4 Å². The van der Waals surface area contributed by atoms with Gasteiger partial charge in [-0.2, -0.15) is 0 Å². The lowest BCUT2D eigenvalue weighted by Crippen LogP contribution is -2.24. The summed E-state index contributed by atoms with van der Waals surface area (Å²) in [7, 11) is 1.95. The molecule has 2 nitrogen and oxygen atoms in total. The number of hydrogen-bond acceptors (Lipinski definition) is 2. The zero-order valence-electron chi connectivity index (χ0n) is 12.1. The van der Waals surface area contributed by atoms with Crippen LogP contribution in [-0.4, -0.2) is 13.7 Å². The molecular formula is C17H20ClNO. The Hall–Kier alpha value is -1.51. The molecule has 0 fully saturated rings. The van der Waals surface area contributed by atoms with Crippen LogP contribution in [0.25, 0.3) is 0 Å². The van der Waals surface area contributed by atoms with E-state index in [1.165, 1.54) is 11.1 Å². The Morgan fingerprint density at radius 2 is 1.85 bits per heavy atom. The molecule has 0 bridgehead atoms. The molecule has 0 spiro atoms. The van der Waals surface area contributed by atoms with E-state index < -0.39 is 0 Å². The van der Waals surface area contributed by atoms with Gasteiger partial charge in [-0.25, -0.2) is 0 Å². The number of aryl methyl sites for hydroxylation is 2. The first-order valence-electron chi connectivity index (χ1n) is 6.73. The number of benzene rings is 2. The molecule has 0 saturated heterocycles. The van der Waals surface area contributed by atoms with Crippen LogP contribution in [0.3, 0.4) is 0 Å². The van der Waals surface area contributed by atoms with E-state index in [1.807, 2.05) is 38.2 Å². The normalized spacial score (nSPS) is 12.2. The smallest absolute Gasteiger partial charge is 0.123 e. The third-order valence-corrected chi connectivity index (χ3v) is 3.70. The van der Waals surface area contributed by atoms with Gasteiger partial charge < -0.3 is 10.1 Å². The van der Waals surface area contributed by atoms with Crippen molar-refractivity contribution in [1.29, 1.82) is 0 Å². The Morgan fingerprint density at radius 3 is 2.55 bits per heavy atom. The number of likely N-dealkylation sites (N-methyl/N-ethyl adjacent to an activating group) is 1. The van der Waals surface area contributed by atoms with Gasteiger partial charge in [0.05, 0.1) is 6.04 Å². The SMILES string of the molecule is CNC(COc1cc(Cl)ccc1C)c1ccccc1C. The van der Waals surface area contributed by atoms with Gasteiger partial charge in [-0.1, -0.05) is 41.9 Å². The summed E-state index contributed by atoms with van der Waals surface area (Å²) in [6.45, 7) is 4.71. The van der Waals surface area contributed by atoms with Gasteiger partial charge in [-0.15, -0.1) is 0 Å². The highest BCUT2D eigenvalue weighted by Gasteiger charge is 2.13. The summed E-state index contributed by atoms with van der Waals surface area (Å²) in [5.41, 5.74) is 3.61. The van der Waals surface area contributed by atoms with E-state index >= 15 is 0 Å². The zero-order chi connectivity index (χ0) is 14.5. The molecule has 0 aliphatic rings. The first-order valence-corrected chi connectivity index (χ1v) is 7.11. The van der Waals surface area contributed by atoms with Gasteiger partial charge >= 0.3 is 0 Å². The van der Waals surface area contributed by atoms with Crippen LogP contribution in [0.2, 0.25) is 5.02 Å². The predicted molar refractivity (Wildman–Crippen MR) is 84.7 cm³/mol. The molecule has 0 radical (unpaired) electrons. The summed E-state index contributed by atoms with van der Waals surface area (Å²) in [5, 5.41) is 4.00. The monoisotopic (exact) mass is 289 g/mol. The maximum absolute atomic E-state index is 6.01. The van der Waals surface area contributed by atoms with Gasteiger partial charge in [-0.3, -0.25) is 0 Å². The molecule has 2 aromatic rings. The average Bonchev–Trinajstić information content (AvgIpc) is 2.45. The van der Waals surface area contributed by atoms with Crippen molar-refractivity contribution in [3.8, 4) is 5.75 Å². The molecule has 0 amide bonds. The number of halogens is 1. The fourth-order valence-electron chi connectivity index (χ4n) is 2.21. The lowest BCUT2D eigenvalue weighted by atomic mass is 10.0. The first kappa shape index (κ1) is 14.9. The minimum atomic E-state index is 0.162. The molecule has 0 aromatic heterocycles. The Balaban J connectivity index is 2.12. The summed E-state index contributed by atoms with van der Waals surface area (Å²) in [6, 6.07) is 14.2. The third kappa shape index (κ3) is 3.53. The molecular weight excluding hydrogens is 270 g/mol. The molecule has 0 aliphatic heterocycles. The topological polar surface area (TPSA) is 21.3 Å². The van der Waals surface area contributed by atoms with Gasteiger partial charge in [-0.05, 0) is 49.7 Å². The van der Waals surface area contributed by atoms with E-state index in [4.69, 9.17) is 16.3 Å². The maximum atomic E-state index is 6.01. The standard InChI is InChI=1S/C17H20ClNO/c1-12-6-4-5-7-15(12)16(19-3)11-20-17-10-14(18)9-8-13(17)2/h4-10,16,19H,11H2,1-3H3. The summed E-state index contributed by atoms with van der Waals surface area (Å²) >= 11 is 6.01. The minimum absolute atomic E-state index is 0.162. The van der Waals surface area contributed by atoms with Gasteiger partial charge in [0.2, 0.25) is 0 Å². The van der Waals surface area contributed by atoms with E-state index in [9.17, 15) is 0 Å². The second kappa shape index (κ2) is 6.78. The van der Waals surface area contributed by atoms with E-state index in [-0.39, 0.29) is 6.04 Å². The molecule has 2 rings (SSSR count). The molecule has 1 N–H and O–H groups in total. The number of ether oxygens (including phenoxy) is 1. The lowest BCUT2D eigenvalue weighted by molar-refractivity contribution is 0.271. The maximum Gasteiger partial charge on any atom is 0.123 e. The van der Waals surface area contributed by atoms with E-state index in [0.717, 1.165) is 11.3 Å². The minimum Gasteiger partial charge on any atom is -0.491 e. The molecule has 2 aromatic carbocycles.